The zero-order valence-electron chi connectivity index (χ0n) is 16.0. The highest BCUT2D eigenvalue weighted by Crippen LogP contribution is 2.26. The van der Waals surface area contributed by atoms with Gasteiger partial charge in [0.25, 0.3) is 5.91 Å². The van der Waals surface area contributed by atoms with Crippen LogP contribution in [0.15, 0.2) is 91.0 Å². The largest absolute Gasteiger partial charge is 0.396 e. The summed E-state index contributed by atoms with van der Waals surface area (Å²) in [4.78, 5) is 18.0. The number of nitrogens with one attached hydrogen (secondary N) is 1. The van der Waals surface area contributed by atoms with Gasteiger partial charge in [0.05, 0.1) is 22.8 Å². The number of hydrogen-bond acceptors (Lipinski definition) is 3. The van der Waals surface area contributed by atoms with Crippen molar-refractivity contribution in [3.63, 3.8) is 0 Å². The summed E-state index contributed by atoms with van der Waals surface area (Å²) >= 11 is 0. The van der Waals surface area contributed by atoms with Crippen LogP contribution in [0.25, 0.3) is 22.2 Å². The molecule has 4 nitrogen and oxygen atoms in total. The van der Waals surface area contributed by atoms with Crippen LogP contribution in [0.3, 0.4) is 0 Å². The van der Waals surface area contributed by atoms with Crippen LogP contribution >= 0.6 is 0 Å². The third-order valence-electron chi connectivity index (χ3n) is 4.96. The van der Waals surface area contributed by atoms with Crippen molar-refractivity contribution in [1.82, 2.24) is 10.3 Å². The second-order valence-electron chi connectivity index (χ2n) is 6.89. The van der Waals surface area contributed by atoms with Gasteiger partial charge in [0.2, 0.25) is 0 Å². The molecule has 0 saturated heterocycles. The van der Waals surface area contributed by atoms with E-state index in [2.05, 4.69) is 5.32 Å². The van der Waals surface area contributed by atoms with E-state index in [0.717, 1.165) is 27.7 Å². The average molecular weight is 382 g/mol. The quantitative estimate of drug-likeness (QED) is 0.506. The topological polar surface area (TPSA) is 62.2 Å². The molecule has 4 rings (SSSR count). The highest BCUT2D eigenvalue weighted by Gasteiger charge is 2.18. The molecule has 1 heterocycles. The minimum absolute atomic E-state index is 0.00774. The van der Waals surface area contributed by atoms with Crippen LogP contribution in [0.4, 0.5) is 0 Å². The van der Waals surface area contributed by atoms with Crippen molar-refractivity contribution in [3.8, 4) is 11.3 Å². The van der Waals surface area contributed by atoms with E-state index in [1.165, 1.54) is 0 Å². The summed E-state index contributed by atoms with van der Waals surface area (Å²) in [6.07, 6.45) is 0.449. The van der Waals surface area contributed by atoms with E-state index in [1.807, 2.05) is 91.0 Å². The van der Waals surface area contributed by atoms with Crippen LogP contribution in [-0.4, -0.2) is 22.6 Å². The van der Waals surface area contributed by atoms with E-state index >= 15 is 0 Å². The van der Waals surface area contributed by atoms with E-state index in [0.29, 0.717) is 12.0 Å². The summed E-state index contributed by atoms with van der Waals surface area (Å²) in [6.45, 7) is -0.00774. The molecule has 4 aromatic rings. The van der Waals surface area contributed by atoms with Crippen LogP contribution < -0.4 is 5.32 Å². The van der Waals surface area contributed by atoms with Crippen LogP contribution in [0.1, 0.15) is 28.4 Å². The molecule has 0 saturated carbocycles. The first kappa shape index (κ1) is 18.8. The maximum atomic E-state index is 13.3. The zero-order chi connectivity index (χ0) is 20.1. The molecule has 0 aliphatic heterocycles. The summed E-state index contributed by atoms with van der Waals surface area (Å²) in [5, 5.41) is 13.4. The molecule has 144 valence electrons. The molecule has 0 fully saturated rings. The number of aliphatic hydroxyl groups is 1. The van der Waals surface area contributed by atoms with Crippen molar-refractivity contribution in [2.24, 2.45) is 0 Å². The smallest absolute Gasteiger partial charge is 0.252 e. The first-order valence-electron chi connectivity index (χ1n) is 9.68. The third kappa shape index (κ3) is 4.18. The Morgan fingerprint density at radius 1 is 0.897 bits per heavy atom. The van der Waals surface area contributed by atoms with Crippen molar-refractivity contribution in [2.75, 3.05) is 6.61 Å². The van der Waals surface area contributed by atoms with Gasteiger partial charge in [0.1, 0.15) is 0 Å². The monoisotopic (exact) mass is 382 g/mol. The van der Waals surface area contributed by atoms with E-state index in [1.54, 1.807) is 0 Å². The molecule has 3 aromatic carbocycles. The molecule has 4 heteroatoms. The SMILES string of the molecule is O=C(NC(CCO)c1ccccc1)c1cc(-c2ccccc2)nc2ccccc12. The van der Waals surface area contributed by atoms with Crippen LogP contribution in [0, 0.1) is 0 Å². The fourth-order valence-corrected chi connectivity index (χ4v) is 3.49. The first-order valence-corrected chi connectivity index (χ1v) is 9.68. The molecule has 1 amide bonds. The number of benzene rings is 3. The Kier molecular flexibility index (Phi) is 5.63. The minimum atomic E-state index is -0.263. The van der Waals surface area contributed by atoms with Crippen LogP contribution in [-0.2, 0) is 0 Å². The number of carbonyl (C=O) groups excluding carboxylic acids is 1. The predicted molar refractivity (Wildman–Crippen MR) is 116 cm³/mol. The highest BCUT2D eigenvalue weighted by molar-refractivity contribution is 6.07. The number of aromatic nitrogens is 1. The lowest BCUT2D eigenvalue weighted by molar-refractivity contribution is 0.0931. The Morgan fingerprint density at radius 3 is 2.28 bits per heavy atom. The van der Waals surface area contributed by atoms with Crippen molar-refractivity contribution >= 4 is 16.8 Å². The molecule has 1 unspecified atom stereocenters. The van der Waals surface area contributed by atoms with Gasteiger partial charge in [0.15, 0.2) is 0 Å². The fourth-order valence-electron chi connectivity index (χ4n) is 3.49. The van der Waals surface area contributed by atoms with Crippen LogP contribution in [0.2, 0.25) is 0 Å². The van der Waals surface area contributed by atoms with Gasteiger partial charge < -0.3 is 10.4 Å². The summed E-state index contributed by atoms with van der Waals surface area (Å²) in [5.74, 6) is -0.178. The van der Waals surface area contributed by atoms with Gasteiger partial charge in [-0.2, -0.15) is 0 Å². The zero-order valence-corrected chi connectivity index (χ0v) is 16.0. The Labute approximate surface area is 169 Å². The maximum absolute atomic E-state index is 13.3. The van der Waals surface area contributed by atoms with E-state index in [4.69, 9.17) is 4.98 Å². The summed E-state index contributed by atoms with van der Waals surface area (Å²) in [6, 6.07) is 28.8. The second kappa shape index (κ2) is 8.67. The van der Waals surface area contributed by atoms with Crippen molar-refractivity contribution in [3.05, 3.63) is 102 Å². The summed E-state index contributed by atoms with van der Waals surface area (Å²) in [5.41, 5.74) is 4.04. The molecular formula is C25H22N2O2. The minimum Gasteiger partial charge on any atom is -0.396 e. The van der Waals surface area contributed by atoms with Gasteiger partial charge >= 0.3 is 0 Å². The standard InChI is InChI=1S/C25H22N2O2/c28-16-15-22(18-9-3-1-4-10-18)27-25(29)21-17-24(19-11-5-2-6-12-19)26-23-14-8-7-13-20(21)23/h1-14,17,22,28H,15-16H2,(H,27,29). The Bertz CT molecular complexity index is 1110. The number of aliphatic hydroxyl groups excluding tert-OH is 1. The average Bonchev–Trinajstić information content (AvgIpc) is 2.79. The number of rotatable bonds is 6. The molecular weight excluding hydrogens is 360 g/mol. The maximum Gasteiger partial charge on any atom is 0.252 e. The molecule has 0 radical (unpaired) electrons. The van der Waals surface area contributed by atoms with Gasteiger partial charge in [-0.15, -0.1) is 0 Å². The van der Waals surface area contributed by atoms with Gasteiger partial charge in [-0.3, -0.25) is 4.79 Å². The number of carbonyl (C=O) groups is 1. The first-order chi connectivity index (χ1) is 14.3. The number of fused-ring (bicyclic) bond motifs is 1. The molecule has 1 atom stereocenters. The molecule has 29 heavy (non-hydrogen) atoms. The second-order valence-corrected chi connectivity index (χ2v) is 6.89. The van der Waals surface area contributed by atoms with Crippen molar-refractivity contribution in [1.29, 1.82) is 0 Å². The van der Waals surface area contributed by atoms with E-state index in [-0.39, 0.29) is 18.6 Å². The number of nitrogens with zero attached hydrogens (tertiary/aromatic N) is 1. The Morgan fingerprint density at radius 2 is 1.55 bits per heavy atom. The fraction of sp³-hybridized carbons (Fsp3) is 0.120. The van der Waals surface area contributed by atoms with E-state index < -0.39 is 0 Å². The van der Waals surface area contributed by atoms with Gasteiger partial charge in [-0.1, -0.05) is 78.9 Å². The number of hydrogen-bond donors (Lipinski definition) is 2. The number of para-hydroxylation sites is 1. The lowest BCUT2D eigenvalue weighted by atomic mass is 10.0. The van der Waals surface area contributed by atoms with Crippen molar-refractivity contribution < 1.29 is 9.90 Å². The van der Waals surface area contributed by atoms with E-state index in [9.17, 15) is 9.90 Å². The number of pyridine rings is 1. The predicted octanol–water partition coefficient (Wildman–Crippen LogP) is 4.76. The molecule has 0 aliphatic carbocycles. The molecule has 2 N–H and O–H groups in total. The van der Waals surface area contributed by atoms with Crippen molar-refractivity contribution in [2.45, 2.75) is 12.5 Å². The summed E-state index contributed by atoms with van der Waals surface area (Å²) in [7, 11) is 0. The molecule has 0 bridgehead atoms. The molecule has 0 aliphatic rings. The lowest BCUT2D eigenvalue weighted by Gasteiger charge is -2.19. The Balaban J connectivity index is 1.74. The Hall–Kier alpha value is -3.50. The van der Waals surface area contributed by atoms with Crippen LogP contribution in [0.5, 0.6) is 0 Å². The van der Waals surface area contributed by atoms with Gasteiger partial charge in [-0.25, -0.2) is 4.98 Å². The number of amides is 1. The highest BCUT2D eigenvalue weighted by atomic mass is 16.3. The summed E-state index contributed by atoms with van der Waals surface area (Å²) < 4.78 is 0. The molecule has 0 spiro atoms. The lowest BCUT2D eigenvalue weighted by Crippen LogP contribution is -2.29. The van der Waals surface area contributed by atoms with Gasteiger partial charge in [0, 0.05) is 17.6 Å². The molecule has 1 aromatic heterocycles. The normalized spacial score (nSPS) is 11.9. The van der Waals surface area contributed by atoms with Gasteiger partial charge in [-0.05, 0) is 24.1 Å². The third-order valence-corrected chi connectivity index (χ3v) is 4.96.